The minimum Gasteiger partial charge on any atom is -0.309 e. The Morgan fingerprint density at radius 3 is 2.70 bits per heavy atom. The molecule has 0 radical (unpaired) electrons. The summed E-state index contributed by atoms with van der Waals surface area (Å²) < 4.78 is 49.7. The third-order valence-electron chi connectivity index (χ3n) is 3.75. The Morgan fingerprint density at radius 2 is 2.09 bits per heavy atom. The van der Waals surface area contributed by atoms with Gasteiger partial charge in [0.1, 0.15) is 0 Å². The topological polar surface area (TPSA) is 116 Å². The SMILES string of the molecule is C[C@@]1(NCCNS(=O)(=O)c2cccc(C#N)c2)CCS(=O)(=O)C1. The highest BCUT2D eigenvalue weighted by Gasteiger charge is 2.37. The molecule has 2 rings (SSSR count). The third-order valence-corrected chi connectivity index (χ3v) is 7.11. The molecule has 1 heterocycles. The van der Waals surface area contributed by atoms with E-state index in [-0.39, 0.29) is 28.5 Å². The minimum atomic E-state index is -3.69. The predicted molar refractivity (Wildman–Crippen MR) is 86.0 cm³/mol. The molecule has 0 amide bonds. The first kappa shape index (κ1) is 17.9. The van der Waals surface area contributed by atoms with Crippen LogP contribution in [-0.2, 0) is 19.9 Å². The molecule has 9 heteroatoms. The second-order valence-corrected chi connectivity index (χ2v) is 9.82. The zero-order valence-electron chi connectivity index (χ0n) is 12.7. The van der Waals surface area contributed by atoms with E-state index in [2.05, 4.69) is 10.0 Å². The molecule has 2 N–H and O–H groups in total. The van der Waals surface area contributed by atoms with Crippen LogP contribution in [0.2, 0.25) is 0 Å². The quantitative estimate of drug-likeness (QED) is 0.693. The summed E-state index contributed by atoms with van der Waals surface area (Å²) in [6, 6.07) is 7.66. The predicted octanol–water partition coefficient (Wildman–Crippen LogP) is 0.00338. The number of rotatable bonds is 6. The van der Waals surface area contributed by atoms with Crippen LogP contribution in [0.25, 0.3) is 0 Å². The van der Waals surface area contributed by atoms with E-state index in [1.54, 1.807) is 0 Å². The van der Waals surface area contributed by atoms with Crippen molar-refractivity contribution in [1.82, 2.24) is 10.0 Å². The van der Waals surface area contributed by atoms with Gasteiger partial charge in [-0.05, 0) is 31.5 Å². The monoisotopic (exact) mass is 357 g/mol. The highest BCUT2D eigenvalue weighted by atomic mass is 32.2. The van der Waals surface area contributed by atoms with Crippen molar-refractivity contribution in [2.24, 2.45) is 0 Å². The lowest BCUT2D eigenvalue weighted by Crippen LogP contribution is -2.46. The molecule has 1 aromatic rings. The van der Waals surface area contributed by atoms with Crippen molar-refractivity contribution in [2.45, 2.75) is 23.8 Å². The van der Waals surface area contributed by atoms with Gasteiger partial charge < -0.3 is 5.32 Å². The van der Waals surface area contributed by atoms with Gasteiger partial charge in [-0.15, -0.1) is 0 Å². The van der Waals surface area contributed by atoms with Crippen LogP contribution in [-0.4, -0.2) is 47.0 Å². The summed E-state index contributed by atoms with van der Waals surface area (Å²) in [6.07, 6.45) is 0.520. The average Bonchev–Trinajstić information content (AvgIpc) is 2.78. The van der Waals surface area contributed by atoms with E-state index in [4.69, 9.17) is 5.26 Å². The summed E-state index contributed by atoms with van der Waals surface area (Å²) >= 11 is 0. The highest BCUT2D eigenvalue weighted by molar-refractivity contribution is 7.91. The van der Waals surface area contributed by atoms with Crippen LogP contribution in [0.3, 0.4) is 0 Å². The lowest BCUT2D eigenvalue weighted by atomic mass is 10.0. The molecule has 0 aromatic heterocycles. The van der Waals surface area contributed by atoms with Gasteiger partial charge >= 0.3 is 0 Å². The third kappa shape index (κ3) is 4.75. The van der Waals surface area contributed by atoms with Gasteiger partial charge in [0.05, 0.1) is 28.0 Å². The second-order valence-electron chi connectivity index (χ2n) is 5.87. The summed E-state index contributed by atoms with van der Waals surface area (Å²) in [7, 11) is -6.69. The minimum absolute atomic E-state index is 0.0335. The maximum atomic E-state index is 12.1. The number of nitrogens with zero attached hydrogens (tertiary/aromatic N) is 1. The van der Waals surface area contributed by atoms with E-state index in [1.165, 1.54) is 24.3 Å². The number of sulfonamides is 1. The largest absolute Gasteiger partial charge is 0.309 e. The molecule has 1 aliphatic rings. The van der Waals surface area contributed by atoms with Gasteiger partial charge in [-0.2, -0.15) is 5.26 Å². The summed E-state index contributed by atoms with van der Waals surface area (Å²) in [5.41, 5.74) is -0.236. The van der Waals surface area contributed by atoms with E-state index in [0.717, 1.165) is 0 Å². The van der Waals surface area contributed by atoms with Crippen molar-refractivity contribution in [3.63, 3.8) is 0 Å². The molecular weight excluding hydrogens is 338 g/mol. The average molecular weight is 357 g/mol. The van der Waals surface area contributed by atoms with Crippen molar-refractivity contribution in [2.75, 3.05) is 24.6 Å². The molecule has 7 nitrogen and oxygen atoms in total. The Morgan fingerprint density at radius 1 is 1.35 bits per heavy atom. The van der Waals surface area contributed by atoms with Crippen molar-refractivity contribution < 1.29 is 16.8 Å². The molecule has 1 fully saturated rings. The van der Waals surface area contributed by atoms with Crippen LogP contribution in [0.5, 0.6) is 0 Å². The zero-order valence-corrected chi connectivity index (χ0v) is 14.4. The summed E-state index contributed by atoms with van der Waals surface area (Å²) in [6.45, 7) is 2.28. The standard InChI is InChI=1S/C14H19N3O4S2/c1-14(5-8-22(18,19)11-14)16-6-7-17-23(20,21)13-4-2-3-12(9-13)10-15/h2-4,9,16-17H,5-8,11H2,1H3/t14-/m1/s1. The molecule has 23 heavy (non-hydrogen) atoms. The summed E-state index contributed by atoms with van der Waals surface area (Å²) in [5, 5.41) is 11.9. The van der Waals surface area contributed by atoms with Crippen molar-refractivity contribution in [3.8, 4) is 6.07 Å². The number of sulfone groups is 1. The fourth-order valence-electron chi connectivity index (χ4n) is 2.52. The molecule has 1 saturated heterocycles. The molecule has 1 aliphatic heterocycles. The first-order chi connectivity index (χ1) is 10.7. The number of hydrogen-bond donors (Lipinski definition) is 2. The molecule has 1 aromatic carbocycles. The van der Waals surface area contributed by atoms with Gasteiger partial charge in [0.2, 0.25) is 10.0 Å². The van der Waals surface area contributed by atoms with Crippen LogP contribution in [0, 0.1) is 11.3 Å². The Labute approximate surface area is 136 Å². The van der Waals surface area contributed by atoms with Crippen LogP contribution in [0.1, 0.15) is 18.9 Å². The van der Waals surface area contributed by atoms with Crippen molar-refractivity contribution in [3.05, 3.63) is 29.8 Å². The Hall–Kier alpha value is -1.47. The van der Waals surface area contributed by atoms with Crippen LogP contribution >= 0.6 is 0 Å². The number of nitrogens with one attached hydrogen (secondary N) is 2. The van der Waals surface area contributed by atoms with Gasteiger partial charge in [-0.1, -0.05) is 6.07 Å². The van der Waals surface area contributed by atoms with Gasteiger partial charge in [0.25, 0.3) is 0 Å². The summed E-state index contributed by atoms with van der Waals surface area (Å²) in [4.78, 5) is 0.0335. The fraction of sp³-hybridized carbons (Fsp3) is 0.500. The smallest absolute Gasteiger partial charge is 0.240 e. The molecule has 0 spiro atoms. The van der Waals surface area contributed by atoms with Gasteiger partial charge in [0.15, 0.2) is 9.84 Å². The van der Waals surface area contributed by atoms with Crippen molar-refractivity contribution >= 4 is 19.9 Å². The number of benzene rings is 1. The van der Waals surface area contributed by atoms with Gasteiger partial charge in [0, 0.05) is 18.6 Å². The number of nitriles is 1. The first-order valence-corrected chi connectivity index (χ1v) is 10.4. The van der Waals surface area contributed by atoms with Crippen LogP contribution in [0.4, 0.5) is 0 Å². The summed E-state index contributed by atoms with van der Waals surface area (Å²) in [5.74, 6) is 0.222. The van der Waals surface area contributed by atoms with Gasteiger partial charge in [-0.3, -0.25) is 0 Å². The molecule has 0 bridgehead atoms. The van der Waals surface area contributed by atoms with Crippen LogP contribution in [0.15, 0.2) is 29.2 Å². The highest BCUT2D eigenvalue weighted by Crippen LogP contribution is 2.22. The fourth-order valence-corrected chi connectivity index (χ4v) is 5.72. The normalized spacial score (nSPS) is 23.5. The van der Waals surface area contributed by atoms with Gasteiger partial charge in [-0.25, -0.2) is 21.6 Å². The molecular formula is C14H19N3O4S2. The molecule has 0 aliphatic carbocycles. The second kappa shape index (κ2) is 6.57. The maximum Gasteiger partial charge on any atom is 0.240 e. The van der Waals surface area contributed by atoms with E-state index >= 15 is 0 Å². The Balaban J connectivity index is 1.90. The zero-order chi connectivity index (χ0) is 17.1. The molecule has 1 atom stereocenters. The van der Waals surface area contributed by atoms with E-state index < -0.39 is 25.4 Å². The van der Waals surface area contributed by atoms with Crippen molar-refractivity contribution in [1.29, 1.82) is 5.26 Å². The molecule has 0 unspecified atom stereocenters. The molecule has 0 saturated carbocycles. The van der Waals surface area contributed by atoms with E-state index in [0.29, 0.717) is 13.0 Å². The lowest BCUT2D eigenvalue weighted by molar-refractivity contribution is 0.400. The molecule has 126 valence electrons. The first-order valence-electron chi connectivity index (χ1n) is 7.11. The Bertz CT molecular complexity index is 828. The maximum absolute atomic E-state index is 12.1. The van der Waals surface area contributed by atoms with E-state index in [1.807, 2.05) is 13.0 Å². The van der Waals surface area contributed by atoms with Crippen LogP contribution < -0.4 is 10.0 Å². The number of hydrogen-bond acceptors (Lipinski definition) is 6. The Kier molecular flexibility index (Phi) is 5.10. The van der Waals surface area contributed by atoms with E-state index in [9.17, 15) is 16.8 Å². The lowest BCUT2D eigenvalue weighted by Gasteiger charge is -2.24.